The van der Waals surface area contributed by atoms with E-state index in [0.717, 1.165) is 11.3 Å². The fourth-order valence-electron chi connectivity index (χ4n) is 4.72. The molecule has 4 aromatic rings. The lowest BCUT2D eigenvalue weighted by atomic mass is 10.0. The van der Waals surface area contributed by atoms with Crippen LogP contribution in [0.3, 0.4) is 0 Å². The highest BCUT2D eigenvalue weighted by Crippen LogP contribution is 2.39. The van der Waals surface area contributed by atoms with Crippen LogP contribution in [0.1, 0.15) is 26.5 Å². The molecule has 0 radical (unpaired) electrons. The molecule has 1 amide bonds. The molecule has 3 heterocycles. The van der Waals surface area contributed by atoms with Gasteiger partial charge in [-0.25, -0.2) is 13.4 Å². The third kappa shape index (κ3) is 5.67. The lowest BCUT2D eigenvalue weighted by Crippen LogP contribution is -2.48. The second-order valence-electron chi connectivity index (χ2n) is 9.25. The van der Waals surface area contributed by atoms with Crippen molar-refractivity contribution in [3.8, 4) is 0 Å². The number of nitrogens with one attached hydrogen (secondary N) is 1. The minimum atomic E-state index is -4.61. The SMILES string of the molecule is Cc1c(C(F)(F)F)nc2ccccc2c1N1CCN(S(=O)(=O)c2ccc(CNC(=O)c3ccc(Cl)cc3)s2)CC1. The van der Waals surface area contributed by atoms with Gasteiger partial charge in [0.05, 0.1) is 17.7 Å². The van der Waals surface area contributed by atoms with Crippen molar-refractivity contribution in [3.63, 3.8) is 0 Å². The number of anilines is 1. The summed E-state index contributed by atoms with van der Waals surface area (Å²) in [5.74, 6) is -0.307. The summed E-state index contributed by atoms with van der Waals surface area (Å²) in [5.41, 5.74) is 0.173. The molecule has 2 aromatic carbocycles. The van der Waals surface area contributed by atoms with Gasteiger partial charge in [0.2, 0.25) is 0 Å². The predicted octanol–water partition coefficient (Wildman–Crippen LogP) is 5.72. The zero-order valence-corrected chi connectivity index (χ0v) is 23.6. The molecule has 5 rings (SSSR count). The summed E-state index contributed by atoms with van der Waals surface area (Å²) in [6, 6.07) is 16.2. The lowest BCUT2D eigenvalue weighted by Gasteiger charge is -2.36. The Bertz CT molecular complexity index is 1670. The molecular weight excluding hydrogens is 585 g/mol. The third-order valence-electron chi connectivity index (χ3n) is 6.69. The average molecular weight is 609 g/mol. The summed E-state index contributed by atoms with van der Waals surface area (Å²) < 4.78 is 69.4. The molecule has 1 saturated heterocycles. The Kier molecular flexibility index (Phi) is 7.79. The van der Waals surface area contributed by atoms with Crippen molar-refractivity contribution in [1.29, 1.82) is 0 Å². The number of thiophene rings is 1. The van der Waals surface area contributed by atoms with Crippen LogP contribution in [0.25, 0.3) is 10.9 Å². The summed E-state index contributed by atoms with van der Waals surface area (Å²) in [4.78, 5) is 18.7. The lowest BCUT2D eigenvalue weighted by molar-refractivity contribution is -0.141. The minimum absolute atomic E-state index is 0.0195. The van der Waals surface area contributed by atoms with Gasteiger partial charge >= 0.3 is 6.18 Å². The van der Waals surface area contributed by atoms with Gasteiger partial charge in [-0.2, -0.15) is 17.5 Å². The maximum atomic E-state index is 13.7. The van der Waals surface area contributed by atoms with Crippen LogP contribution in [-0.4, -0.2) is 49.8 Å². The van der Waals surface area contributed by atoms with Crippen LogP contribution in [0.5, 0.6) is 0 Å². The van der Waals surface area contributed by atoms with Crippen LogP contribution in [0.4, 0.5) is 18.9 Å². The van der Waals surface area contributed by atoms with Crippen LogP contribution in [0.15, 0.2) is 64.9 Å². The molecule has 0 spiro atoms. The first-order valence-electron chi connectivity index (χ1n) is 12.3. The number of aromatic nitrogens is 1. The third-order valence-corrected chi connectivity index (χ3v) is 10.4. The summed E-state index contributed by atoms with van der Waals surface area (Å²) in [5, 5.41) is 3.87. The number of rotatable bonds is 6. The zero-order valence-electron chi connectivity index (χ0n) is 21.2. The van der Waals surface area contributed by atoms with Crippen LogP contribution in [0.2, 0.25) is 5.02 Å². The van der Waals surface area contributed by atoms with Crippen molar-refractivity contribution >= 4 is 55.5 Å². The number of pyridine rings is 1. The second-order valence-corrected chi connectivity index (χ2v) is 13.0. The van der Waals surface area contributed by atoms with E-state index in [1.165, 1.54) is 17.3 Å². The van der Waals surface area contributed by atoms with Crippen molar-refractivity contribution in [3.05, 3.63) is 87.4 Å². The van der Waals surface area contributed by atoms with E-state index in [1.54, 1.807) is 59.5 Å². The molecule has 13 heteroatoms. The van der Waals surface area contributed by atoms with E-state index in [1.807, 2.05) is 0 Å². The first kappa shape index (κ1) is 28.3. The van der Waals surface area contributed by atoms with E-state index >= 15 is 0 Å². The Morgan fingerprint density at radius 3 is 2.38 bits per heavy atom. The first-order chi connectivity index (χ1) is 18.9. The van der Waals surface area contributed by atoms with Gasteiger partial charge in [0.1, 0.15) is 9.90 Å². The van der Waals surface area contributed by atoms with Crippen LogP contribution >= 0.6 is 22.9 Å². The van der Waals surface area contributed by atoms with Gasteiger partial charge in [-0.1, -0.05) is 29.8 Å². The molecule has 0 aliphatic carbocycles. The Balaban J connectivity index is 1.29. The van der Waals surface area contributed by atoms with E-state index in [2.05, 4.69) is 10.3 Å². The number of amides is 1. The molecule has 1 N–H and O–H groups in total. The Hall–Kier alpha value is -3.19. The molecule has 7 nitrogen and oxygen atoms in total. The highest BCUT2D eigenvalue weighted by molar-refractivity contribution is 7.91. The van der Waals surface area contributed by atoms with Gasteiger partial charge in [0.15, 0.2) is 0 Å². The fraction of sp³-hybridized carbons (Fsp3) is 0.259. The maximum Gasteiger partial charge on any atom is 0.433 e. The highest BCUT2D eigenvalue weighted by Gasteiger charge is 2.38. The monoisotopic (exact) mass is 608 g/mol. The zero-order chi connectivity index (χ0) is 28.7. The Labute approximate surface area is 238 Å². The summed E-state index contributed by atoms with van der Waals surface area (Å²) >= 11 is 6.92. The average Bonchev–Trinajstić information content (AvgIpc) is 3.41. The number of sulfonamides is 1. The van der Waals surface area contributed by atoms with Gasteiger partial charge in [0.25, 0.3) is 15.9 Å². The number of carbonyl (C=O) groups is 1. The van der Waals surface area contributed by atoms with Gasteiger partial charge < -0.3 is 10.2 Å². The smallest absolute Gasteiger partial charge is 0.368 e. The molecule has 1 aliphatic heterocycles. The van der Waals surface area contributed by atoms with Gasteiger partial charge in [-0.05, 0) is 49.4 Å². The fourth-order valence-corrected chi connectivity index (χ4v) is 7.71. The molecular formula is C27H24ClF3N4O3S2. The quantitative estimate of drug-likeness (QED) is 0.303. The van der Waals surface area contributed by atoms with Crippen molar-refractivity contribution in [2.75, 3.05) is 31.1 Å². The second kappa shape index (κ2) is 11.0. The van der Waals surface area contributed by atoms with E-state index in [0.29, 0.717) is 26.5 Å². The molecule has 0 atom stereocenters. The van der Waals surface area contributed by atoms with E-state index in [4.69, 9.17) is 11.6 Å². The number of para-hydroxylation sites is 1. The van der Waals surface area contributed by atoms with E-state index < -0.39 is 21.9 Å². The summed E-state index contributed by atoms with van der Waals surface area (Å²) in [6.07, 6.45) is -4.61. The first-order valence-corrected chi connectivity index (χ1v) is 14.9. The molecule has 1 aliphatic rings. The van der Waals surface area contributed by atoms with Gasteiger partial charge in [0, 0.05) is 52.6 Å². The largest absolute Gasteiger partial charge is 0.433 e. The number of carbonyl (C=O) groups excluding carboxylic acids is 1. The minimum Gasteiger partial charge on any atom is -0.368 e. The number of piperazine rings is 1. The number of nitrogens with zero attached hydrogens (tertiary/aromatic N) is 3. The maximum absolute atomic E-state index is 13.7. The Morgan fingerprint density at radius 1 is 1.02 bits per heavy atom. The summed E-state index contributed by atoms with van der Waals surface area (Å²) in [6.45, 7) is 2.23. The standard InChI is InChI=1S/C27H24ClF3N4O3S2/c1-17-24(21-4-2-3-5-22(21)33-25(17)27(29,30)31)34-12-14-35(15-13-34)40(37,38)23-11-10-20(39-23)16-32-26(36)18-6-8-19(28)9-7-18/h2-11H,12-16H2,1H3,(H,32,36). The van der Waals surface area contributed by atoms with Gasteiger partial charge in [-0.3, -0.25) is 4.79 Å². The van der Waals surface area contributed by atoms with E-state index in [9.17, 15) is 26.4 Å². The van der Waals surface area contributed by atoms with Crippen LogP contribution in [0, 0.1) is 6.92 Å². The number of benzene rings is 2. The van der Waals surface area contributed by atoms with Crippen molar-refractivity contribution in [2.24, 2.45) is 0 Å². The Morgan fingerprint density at radius 2 is 1.70 bits per heavy atom. The highest BCUT2D eigenvalue weighted by atomic mass is 35.5. The molecule has 2 aromatic heterocycles. The topological polar surface area (TPSA) is 82.6 Å². The molecule has 0 bridgehead atoms. The van der Waals surface area contributed by atoms with Crippen LogP contribution in [-0.2, 0) is 22.7 Å². The number of halogens is 4. The number of fused-ring (bicyclic) bond motifs is 1. The van der Waals surface area contributed by atoms with Crippen LogP contribution < -0.4 is 10.2 Å². The molecule has 40 heavy (non-hydrogen) atoms. The van der Waals surface area contributed by atoms with Crippen molar-refractivity contribution in [1.82, 2.24) is 14.6 Å². The number of alkyl halides is 3. The molecule has 0 unspecified atom stereocenters. The number of hydrogen-bond acceptors (Lipinski definition) is 6. The molecule has 210 valence electrons. The van der Waals surface area contributed by atoms with Crippen molar-refractivity contribution in [2.45, 2.75) is 23.9 Å². The van der Waals surface area contributed by atoms with Crippen molar-refractivity contribution < 1.29 is 26.4 Å². The van der Waals surface area contributed by atoms with Gasteiger partial charge in [-0.15, -0.1) is 11.3 Å². The molecule has 1 fully saturated rings. The number of hydrogen-bond donors (Lipinski definition) is 1. The molecule has 0 saturated carbocycles. The predicted molar refractivity (Wildman–Crippen MR) is 149 cm³/mol. The van der Waals surface area contributed by atoms with E-state index in [-0.39, 0.29) is 53.9 Å². The normalized spacial score (nSPS) is 15.0. The summed E-state index contributed by atoms with van der Waals surface area (Å²) in [7, 11) is -3.82.